The molecule has 0 saturated heterocycles. The van der Waals surface area contributed by atoms with E-state index in [0.717, 1.165) is 38.5 Å². The molecular formula is C22H38N2O2+2. The molecule has 0 aromatic heterocycles. The second-order valence-electron chi connectivity index (χ2n) is 6.14. The van der Waals surface area contributed by atoms with Crippen molar-refractivity contribution in [2.75, 3.05) is 13.2 Å². The van der Waals surface area contributed by atoms with E-state index in [-0.39, 0.29) is 0 Å². The number of unbranched alkanes of at least 4 members (excludes halogenated alkanes) is 3. The largest absolute Gasteiger partial charge is 0.501 e. The zero-order valence-corrected chi connectivity index (χ0v) is 16.7. The van der Waals surface area contributed by atoms with Gasteiger partial charge in [-0.05, 0) is 49.7 Å². The monoisotopic (exact) mass is 362 g/mol. The molecule has 0 bridgehead atoms. The van der Waals surface area contributed by atoms with Crippen molar-refractivity contribution in [1.29, 1.82) is 0 Å². The van der Waals surface area contributed by atoms with Crippen LogP contribution in [-0.4, -0.2) is 25.6 Å². The quantitative estimate of drug-likeness (QED) is 0.181. The Morgan fingerprint density at radius 2 is 1.12 bits per heavy atom. The van der Waals surface area contributed by atoms with Crippen molar-refractivity contribution in [2.24, 2.45) is 0 Å². The molecule has 0 aromatic carbocycles. The molecule has 0 amide bonds. The van der Waals surface area contributed by atoms with Crippen molar-refractivity contribution in [3.8, 4) is 0 Å². The van der Waals surface area contributed by atoms with Crippen molar-refractivity contribution < 1.29 is 20.3 Å². The first-order valence-corrected chi connectivity index (χ1v) is 9.82. The number of allylic oxidation sites excluding steroid dienone is 6. The zero-order valence-electron chi connectivity index (χ0n) is 16.7. The summed E-state index contributed by atoms with van der Waals surface area (Å²) in [6.45, 7) is 5.77. The van der Waals surface area contributed by atoms with Crippen LogP contribution in [0.2, 0.25) is 0 Å². The average Bonchev–Trinajstić information content (AvgIpc) is 2.66. The summed E-state index contributed by atoms with van der Waals surface area (Å²) in [7, 11) is 0. The molecule has 0 spiro atoms. The number of nitrogens with two attached hydrogens (primary N) is 2. The Labute approximate surface area is 159 Å². The van der Waals surface area contributed by atoms with E-state index < -0.39 is 0 Å². The van der Waals surface area contributed by atoms with Gasteiger partial charge >= 0.3 is 0 Å². The van der Waals surface area contributed by atoms with E-state index in [1.165, 1.54) is 24.0 Å². The van der Waals surface area contributed by atoms with Crippen LogP contribution in [0.4, 0.5) is 0 Å². The molecule has 0 fully saturated rings. The lowest BCUT2D eigenvalue weighted by Crippen LogP contribution is -2.28. The Morgan fingerprint density at radius 3 is 1.46 bits per heavy atom. The van der Waals surface area contributed by atoms with Crippen LogP contribution in [0, 0.1) is 0 Å². The third kappa shape index (κ3) is 15.4. The van der Waals surface area contributed by atoms with Crippen molar-refractivity contribution in [3.63, 3.8) is 0 Å². The van der Waals surface area contributed by atoms with Gasteiger partial charge in [0.05, 0.1) is 25.7 Å². The van der Waals surface area contributed by atoms with Crippen LogP contribution < -0.4 is 10.8 Å². The molecule has 0 aliphatic rings. The Hall–Kier alpha value is -2.10. The van der Waals surface area contributed by atoms with E-state index in [4.69, 9.17) is 20.3 Å². The molecule has 0 rings (SSSR count). The van der Waals surface area contributed by atoms with Crippen molar-refractivity contribution >= 4 is 12.4 Å². The molecule has 4 heteroatoms. The van der Waals surface area contributed by atoms with Crippen LogP contribution in [0.25, 0.3) is 0 Å². The summed E-state index contributed by atoms with van der Waals surface area (Å²) in [5, 5.41) is 10.8. The second-order valence-corrected chi connectivity index (χ2v) is 6.14. The Balaban J connectivity index is 4.04. The zero-order chi connectivity index (χ0) is 19.3. The molecule has 0 aromatic rings. The highest BCUT2D eigenvalue weighted by Gasteiger charge is 1.96. The maximum atomic E-state index is 5.66. The summed E-state index contributed by atoms with van der Waals surface area (Å²) in [4.78, 5) is 0. The SMILES string of the molecule is CCCCC(/C=C\C=[NH2+])=C/OCCCCO/C=C(\C=C/C=[NH2+])CCCC. The van der Waals surface area contributed by atoms with Crippen LogP contribution in [0.15, 0.2) is 48.0 Å². The molecule has 0 radical (unpaired) electrons. The summed E-state index contributed by atoms with van der Waals surface area (Å²) in [5.41, 5.74) is 2.36. The first kappa shape index (κ1) is 23.9. The first-order valence-electron chi connectivity index (χ1n) is 9.82. The lowest BCUT2D eigenvalue weighted by atomic mass is 10.1. The summed E-state index contributed by atoms with van der Waals surface area (Å²) >= 11 is 0. The number of hydrogen-bond acceptors (Lipinski definition) is 2. The third-order valence-corrected chi connectivity index (χ3v) is 3.72. The highest BCUT2D eigenvalue weighted by atomic mass is 16.5. The van der Waals surface area contributed by atoms with Gasteiger partial charge in [-0.1, -0.05) is 38.8 Å². The molecule has 0 saturated carbocycles. The van der Waals surface area contributed by atoms with Gasteiger partial charge in [-0.2, -0.15) is 0 Å². The number of rotatable bonds is 17. The van der Waals surface area contributed by atoms with E-state index >= 15 is 0 Å². The molecule has 4 nitrogen and oxygen atoms in total. The molecule has 0 atom stereocenters. The van der Waals surface area contributed by atoms with E-state index in [1.807, 2.05) is 36.8 Å². The van der Waals surface area contributed by atoms with E-state index in [0.29, 0.717) is 13.2 Å². The fourth-order valence-electron chi connectivity index (χ4n) is 2.19. The second kappa shape index (κ2) is 19.2. The van der Waals surface area contributed by atoms with Gasteiger partial charge in [-0.25, -0.2) is 0 Å². The standard InChI is InChI=1S/C22H36N2O2/c1-3-5-11-21(13-9-15-23)19-25-17-7-8-18-26-20-22(12-6-4-2)14-10-16-24/h9-10,13-16,19-20,23-24H,3-8,11-12,17-18H2,1-2H3/p+2/b13-9-,14-10-,21-19-,22-20-,23-15?,24-16?. The molecular weight excluding hydrogens is 324 g/mol. The number of hydrogen-bond donors (Lipinski definition) is 2. The normalized spacial score (nSPS) is 12.7. The van der Waals surface area contributed by atoms with Gasteiger partial charge in [0.25, 0.3) is 0 Å². The predicted octanol–water partition coefficient (Wildman–Crippen LogP) is 2.72. The predicted molar refractivity (Wildman–Crippen MR) is 111 cm³/mol. The van der Waals surface area contributed by atoms with Crippen LogP contribution >= 0.6 is 0 Å². The topological polar surface area (TPSA) is 69.6 Å². The van der Waals surface area contributed by atoms with E-state index in [9.17, 15) is 0 Å². The highest BCUT2D eigenvalue weighted by Crippen LogP contribution is 2.10. The minimum absolute atomic E-state index is 0.702. The molecule has 0 aliphatic carbocycles. The van der Waals surface area contributed by atoms with Gasteiger partial charge < -0.3 is 9.47 Å². The van der Waals surface area contributed by atoms with Crippen LogP contribution in [0.1, 0.15) is 65.2 Å². The fraction of sp³-hybridized carbons (Fsp3) is 0.545. The Kier molecular flexibility index (Phi) is 17.7. The van der Waals surface area contributed by atoms with Crippen molar-refractivity contribution in [2.45, 2.75) is 65.2 Å². The minimum Gasteiger partial charge on any atom is -0.501 e. The van der Waals surface area contributed by atoms with Gasteiger partial charge in [-0.15, -0.1) is 0 Å². The van der Waals surface area contributed by atoms with Gasteiger partial charge in [0.15, 0.2) is 12.4 Å². The molecule has 0 aliphatic heterocycles. The molecule has 146 valence electrons. The maximum Gasteiger partial charge on any atom is 0.160 e. The lowest BCUT2D eigenvalue weighted by Gasteiger charge is -2.06. The summed E-state index contributed by atoms with van der Waals surface area (Å²) in [5.74, 6) is 0. The Bertz CT molecular complexity index is 433. The van der Waals surface area contributed by atoms with Gasteiger partial charge in [-0.3, -0.25) is 10.8 Å². The van der Waals surface area contributed by atoms with Gasteiger partial charge in [0.2, 0.25) is 0 Å². The number of ether oxygens (including phenoxy) is 2. The van der Waals surface area contributed by atoms with Crippen molar-refractivity contribution in [3.05, 3.63) is 48.0 Å². The average molecular weight is 363 g/mol. The third-order valence-electron chi connectivity index (χ3n) is 3.72. The van der Waals surface area contributed by atoms with Gasteiger partial charge in [0.1, 0.15) is 0 Å². The van der Waals surface area contributed by atoms with Crippen LogP contribution in [-0.2, 0) is 9.47 Å². The first-order chi connectivity index (χ1) is 12.8. The molecule has 0 unspecified atom stereocenters. The summed E-state index contributed by atoms with van der Waals surface area (Å²) in [6.07, 6.45) is 23.1. The molecule has 26 heavy (non-hydrogen) atoms. The van der Waals surface area contributed by atoms with Crippen LogP contribution in [0.3, 0.4) is 0 Å². The highest BCUT2D eigenvalue weighted by molar-refractivity contribution is 5.66. The molecule has 0 heterocycles. The van der Waals surface area contributed by atoms with E-state index in [1.54, 1.807) is 12.4 Å². The lowest BCUT2D eigenvalue weighted by molar-refractivity contribution is -0.104. The van der Waals surface area contributed by atoms with Crippen LogP contribution in [0.5, 0.6) is 0 Å². The molecule has 4 N–H and O–H groups in total. The Morgan fingerprint density at radius 1 is 0.692 bits per heavy atom. The fourth-order valence-corrected chi connectivity index (χ4v) is 2.19. The van der Waals surface area contributed by atoms with Crippen molar-refractivity contribution in [1.82, 2.24) is 0 Å². The smallest absolute Gasteiger partial charge is 0.160 e. The summed E-state index contributed by atoms with van der Waals surface area (Å²) < 4.78 is 11.3. The minimum atomic E-state index is 0.702. The van der Waals surface area contributed by atoms with E-state index in [2.05, 4.69) is 13.8 Å². The van der Waals surface area contributed by atoms with Gasteiger partial charge in [0, 0.05) is 12.2 Å². The summed E-state index contributed by atoms with van der Waals surface area (Å²) in [6, 6.07) is 0. The maximum absolute atomic E-state index is 5.66.